The fourth-order valence-electron chi connectivity index (χ4n) is 2.52. The van der Waals surface area contributed by atoms with E-state index in [0.29, 0.717) is 12.2 Å². The fraction of sp³-hybridized carbons (Fsp3) is 0.222. The van der Waals surface area contributed by atoms with Crippen LogP contribution in [0.15, 0.2) is 59.6 Å². The highest BCUT2D eigenvalue weighted by Crippen LogP contribution is 2.22. The maximum atomic E-state index is 11.7. The van der Waals surface area contributed by atoms with Gasteiger partial charge in [0.2, 0.25) is 0 Å². The summed E-state index contributed by atoms with van der Waals surface area (Å²) >= 11 is 0. The Labute approximate surface area is 130 Å². The number of hydrogen-bond donors (Lipinski definition) is 0. The molecule has 0 aromatic heterocycles. The molecule has 0 radical (unpaired) electrons. The van der Waals surface area contributed by atoms with Gasteiger partial charge in [0, 0.05) is 17.8 Å². The molecule has 3 rings (SSSR count). The molecule has 2 aromatic carbocycles. The van der Waals surface area contributed by atoms with Crippen molar-refractivity contribution in [2.24, 2.45) is 4.99 Å². The van der Waals surface area contributed by atoms with Crippen molar-refractivity contribution in [1.82, 2.24) is 0 Å². The van der Waals surface area contributed by atoms with E-state index in [1.807, 2.05) is 30.3 Å². The second-order valence-corrected chi connectivity index (χ2v) is 4.99. The smallest absolute Gasteiger partial charge is 0.338 e. The Morgan fingerprint density at radius 3 is 2.55 bits per heavy atom. The molecule has 2 aromatic rings. The first-order valence-corrected chi connectivity index (χ1v) is 7.44. The summed E-state index contributed by atoms with van der Waals surface area (Å²) in [6, 6.07) is 17.6. The largest absolute Gasteiger partial charge is 0.462 e. The van der Waals surface area contributed by atoms with E-state index in [0.717, 1.165) is 30.2 Å². The minimum absolute atomic E-state index is 0.285. The highest BCUT2D eigenvalue weighted by Gasteiger charge is 2.20. The van der Waals surface area contributed by atoms with Crippen LogP contribution < -0.4 is 4.90 Å². The van der Waals surface area contributed by atoms with Crippen molar-refractivity contribution in [2.75, 3.05) is 24.6 Å². The van der Waals surface area contributed by atoms with Crippen LogP contribution in [0.2, 0.25) is 0 Å². The number of ether oxygens (including phenoxy) is 1. The normalized spacial score (nSPS) is 13.9. The second-order valence-electron chi connectivity index (χ2n) is 4.99. The third-order valence-electron chi connectivity index (χ3n) is 3.56. The van der Waals surface area contributed by atoms with Gasteiger partial charge in [0.05, 0.1) is 18.7 Å². The van der Waals surface area contributed by atoms with Gasteiger partial charge in [-0.1, -0.05) is 30.3 Å². The average Bonchev–Trinajstić information content (AvgIpc) is 3.06. The van der Waals surface area contributed by atoms with Gasteiger partial charge in [0.1, 0.15) is 5.84 Å². The van der Waals surface area contributed by atoms with E-state index in [9.17, 15) is 4.79 Å². The first-order chi connectivity index (χ1) is 10.8. The van der Waals surface area contributed by atoms with Crippen molar-refractivity contribution >= 4 is 17.5 Å². The van der Waals surface area contributed by atoms with Gasteiger partial charge in [-0.05, 0) is 31.2 Å². The van der Waals surface area contributed by atoms with Crippen LogP contribution in [0.5, 0.6) is 0 Å². The lowest BCUT2D eigenvalue weighted by atomic mass is 10.1. The van der Waals surface area contributed by atoms with E-state index < -0.39 is 0 Å². The maximum absolute atomic E-state index is 11.7. The SMILES string of the molecule is CCOC(=O)c1ccc(N2CCN=C2c2ccccc2)cc1. The van der Waals surface area contributed by atoms with Crippen molar-refractivity contribution in [1.29, 1.82) is 0 Å². The van der Waals surface area contributed by atoms with E-state index in [1.165, 1.54) is 0 Å². The Morgan fingerprint density at radius 2 is 1.86 bits per heavy atom. The van der Waals surface area contributed by atoms with Gasteiger partial charge in [-0.3, -0.25) is 4.99 Å². The number of amidine groups is 1. The average molecular weight is 294 g/mol. The lowest BCUT2D eigenvalue weighted by Crippen LogP contribution is -2.28. The van der Waals surface area contributed by atoms with Gasteiger partial charge in [-0.2, -0.15) is 0 Å². The number of nitrogens with zero attached hydrogens (tertiary/aromatic N) is 2. The standard InChI is InChI=1S/C18H18N2O2/c1-2-22-18(21)15-8-10-16(11-9-15)20-13-12-19-17(20)14-6-4-3-5-7-14/h3-11H,2,12-13H2,1H3. The number of rotatable bonds is 4. The molecule has 0 saturated carbocycles. The first kappa shape index (κ1) is 14.3. The minimum Gasteiger partial charge on any atom is -0.462 e. The number of carbonyl (C=O) groups is 1. The topological polar surface area (TPSA) is 41.9 Å². The van der Waals surface area contributed by atoms with Crippen LogP contribution in [0.1, 0.15) is 22.8 Å². The maximum Gasteiger partial charge on any atom is 0.338 e. The molecule has 0 amide bonds. The Kier molecular flexibility index (Phi) is 4.19. The summed E-state index contributed by atoms with van der Waals surface area (Å²) in [4.78, 5) is 18.5. The van der Waals surface area contributed by atoms with E-state index in [1.54, 1.807) is 19.1 Å². The number of esters is 1. The summed E-state index contributed by atoms with van der Waals surface area (Å²) < 4.78 is 5.01. The molecule has 4 heteroatoms. The summed E-state index contributed by atoms with van der Waals surface area (Å²) in [5.74, 6) is 0.692. The molecular weight excluding hydrogens is 276 g/mol. The molecule has 0 saturated heterocycles. The molecule has 0 N–H and O–H groups in total. The molecular formula is C18H18N2O2. The van der Waals surface area contributed by atoms with Crippen LogP contribution in [0, 0.1) is 0 Å². The highest BCUT2D eigenvalue weighted by atomic mass is 16.5. The number of anilines is 1. The quantitative estimate of drug-likeness (QED) is 0.814. The third-order valence-corrected chi connectivity index (χ3v) is 3.56. The summed E-state index contributed by atoms with van der Waals surface area (Å²) in [6.45, 7) is 3.82. The molecule has 0 atom stereocenters. The number of aliphatic imine (C=N–C) groups is 1. The van der Waals surface area contributed by atoms with Crippen molar-refractivity contribution in [3.8, 4) is 0 Å². The molecule has 1 aliphatic heterocycles. The Balaban J connectivity index is 1.82. The van der Waals surface area contributed by atoms with E-state index >= 15 is 0 Å². The molecule has 1 aliphatic rings. The van der Waals surface area contributed by atoms with Gasteiger partial charge < -0.3 is 9.64 Å². The van der Waals surface area contributed by atoms with Crippen LogP contribution in [-0.2, 0) is 4.74 Å². The van der Waals surface area contributed by atoms with Crippen LogP contribution in [-0.4, -0.2) is 31.5 Å². The Morgan fingerprint density at radius 1 is 1.14 bits per heavy atom. The van der Waals surface area contributed by atoms with Crippen molar-refractivity contribution in [3.05, 3.63) is 65.7 Å². The monoisotopic (exact) mass is 294 g/mol. The highest BCUT2D eigenvalue weighted by molar-refractivity contribution is 6.11. The summed E-state index contributed by atoms with van der Waals surface area (Å²) in [6.07, 6.45) is 0. The predicted molar refractivity (Wildman–Crippen MR) is 87.6 cm³/mol. The van der Waals surface area contributed by atoms with Crippen LogP contribution in [0.3, 0.4) is 0 Å². The third kappa shape index (κ3) is 2.86. The first-order valence-electron chi connectivity index (χ1n) is 7.44. The van der Waals surface area contributed by atoms with Gasteiger partial charge in [0.25, 0.3) is 0 Å². The molecule has 112 valence electrons. The zero-order chi connectivity index (χ0) is 15.4. The van der Waals surface area contributed by atoms with Crippen LogP contribution in [0.4, 0.5) is 5.69 Å². The molecule has 4 nitrogen and oxygen atoms in total. The van der Waals surface area contributed by atoms with E-state index in [2.05, 4.69) is 22.0 Å². The second kappa shape index (κ2) is 6.43. The Hall–Kier alpha value is -2.62. The van der Waals surface area contributed by atoms with E-state index in [-0.39, 0.29) is 5.97 Å². The summed E-state index contributed by atoms with van der Waals surface area (Å²) in [5.41, 5.74) is 2.71. The van der Waals surface area contributed by atoms with Crippen molar-refractivity contribution < 1.29 is 9.53 Å². The van der Waals surface area contributed by atoms with Crippen molar-refractivity contribution in [3.63, 3.8) is 0 Å². The van der Waals surface area contributed by atoms with Gasteiger partial charge in [-0.25, -0.2) is 4.79 Å². The lowest BCUT2D eigenvalue weighted by molar-refractivity contribution is 0.0526. The molecule has 0 unspecified atom stereocenters. The molecule has 1 heterocycles. The van der Waals surface area contributed by atoms with Crippen LogP contribution in [0.25, 0.3) is 0 Å². The number of carbonyl (C=O) groups excluding carboxylic acids is 1. The molecule has 0 aliphatic carbocycles. The van der Waals surface area contributed by atoms with Gasteiger partial charge >= 0.3 is 5.97 Å². The van der Waals surface area contributed by atoms with Gasteiger partial charge in [0.15, 0.2) is 0 Å². The molecule has 0 spiro atoms. The molecule has 0 fully saturated rings. The zero-order valence-corrected chi connectivity index (χ0v) is 12.5. The zero-order valence-electron chi connectivity index (χ0n) is 12.5. The number of hydrogen-bond acceptors (Lipinski definition) is 4. The summed E-state index contributed by atoms with van der Waals surface area (Å²) in [7, 11) is 0. The fourth-order valence-corrected chi connectivity index (χ4v) is 2.52. The minimum atomic E-state index is -0.285. The Bertz CT molecular complexity index is 678. The number of benzene rings is 2. The summed E-state index contributed by atoms with van der Waals surface area (Å²) in [5, 5.41) is 0. The lowest BCUT2D eigenvalue weighted by Gasteiger charge is -2.20. The van der Waals surface area contributed by atoms with Crippen molar-refractivity contribution in [2.45, 2.75) is 6.92 Å². The predicted octanol–water partition coefficient (Wildman–Crippen LogP) is 3.13. The van der Waals surface area contributed by atoms with Gasteiger partial charge in [-0.15, -0.1) is 0 Å². The van der Waals surface area contributed by atoms with Crippen LogP contribution >= 0.6 is 0 Å². The molecule has 0 bridgehead atoms. The van der Waals surface area contributed by atoms with E-state index in [4.69, 9.17) is 4.74 Å². The molecule has 22 heavy (non-hydrogen) atoms.